The number of nitrogens with one attached hydrogen (secondary N) is 1. The molecule has 0 atom stereocenters. The number of hydrogen-bond donors (Lipinski definition) is 1. The molecular formula is C23H29F2NO2. The van der Waals surface area contributed by atoms with Crippen LogP contribution in [0.5, 0.6) is 11.5 Å². The molecule has 1 aliphatic rings. The van der Waals surface area contributed by atoms with Crippen LogP contribution in [0.4, 0.5) is 8.78 Å². The molecule has 1 heterocycles. The highest BCUT2D eigenvalue weighted by Crippen LogP contribution is 2.40. The number of piperidine rings is 1. The van der Waals surface area contributed by atoms with Gasteiger partial charge in [0.1, 0.15) is 11.5 Å². The molecule has 0 saturated carbocycles. The van der Waals surface area contributed by atoms with Gasteiger partial charge >= 0.3 is 6.11 Å². The Kier molecular flexibility index (Phi) is 5.41. The zero-order valence-corrected chi connectivity index (χ0v) is 17.2. The molecule has 152 valence electrons. The summed E-state index contributed by atoms with van der Waals surface area (Å²) in [4.78, 5) is 0. The predicted molar refractivity (Wildman–Crippen MR) is 107 cm³/mol. The second-order valence-corrected chi connectivity index (χ2v) is 8.91. The Morgan fingerprint density at radius 1 is 0.857 bits per heavy atom. The highest BCUT2D eigenvalue weighted by molar-refractivity contribution is 5.33. The smallest absolute Gasteiger partial charge is 0.426 e. The van der Waals surface area contributed by atoms with Crippen LogP contribution in [0.25, 0.3) is 0 Å². The largest absolute Gasteiger partial charge is 0.497 e. The number of halogens is 2. The maximum Gasteiger partial charge on any atom is 0.426 e. The van der Waals surface area contributed by atoms with Crippen LogP contribution in [0.3, 0.4) is 0 Å². The van der Waals surface area contributed by atoms with Crippen molar-refractivity contribution < 1.29 is 18.3 Å². The van der Waals surface area contributed by atoms with Gasteiger partial charge in [-0.1, -0.05) is 12.1 Å². The maximum atomic E-state index is 14.5. The van der Waals surface area contributed by atoms with Crippen LogP contribution in [0.2, 0.25) is 0 Å². The minimum absolute atomic E-state index is 0.0307. The van der Waals surface area contributed by atoms with Gasteiger partial charge in [-0.2, -0.15) is 8.78 Å². The summed E-state index contributed by atoms with van der Waals surface area (Å²) in [6.45, 7) is 8.81. The monoisotopic (exact) mass is 389 g/mol. The van der Waals surface area contributed by atoms with E-state index in [0.29, 0.717) is 11.7 Å². The number of hydrogen-bond acceptors (Lipinski definition) is 3. The van der Waals surface area contributed by atoms with E-state index in [-0.39, 0.29) is 22.4 Å². The highest BCUT2D eigenvalue weighted by Gasteiger charge is 2.38. The highest BCUT2D eigenvalue weighted by atomic mass is 19.3. The standard InChI is InChI=1S/C23H29F2NO2/c1-21(2)14-17(15-22(3,4)26-21)16-6-10-20(11-7-16)28-23(24,25)18-8-12-19(27-5)13-9-18/h6-13,17,26H,14-15H2,1-5H3. The van der Waals surface area contributed by atoms with E-state index in [9.17, 15) is 8.78 Å². The van der Waals surface area contributed by atoms with Crippen LogP contribution >= 0.6 is 0 Å². The molecule has 0 aliphatic carbocycles. The minimum atomic E-state index is -3.41. The average molecular weight is 389 g/mol. The molecule has 1 N–H and O–H groups in total. The normalized spacial score (nSPS) is 19.2. The average Bonchev–Trinajstić information content (AvgIpc) is 2.59. The van der Waals surface area contributed by atoms with Gasteiger partial charge < -0.3 is 14.8 Å². The van der Waals surface area contributed by atoms with Gasteiger partial charge in [0.2, 0.25) is 0 Å². The lowest BCUT2D eigenvalue weighted by Gasteiger charge is -2.46. The van der Waals surface area contributed by atoms with Crippen LogP contribution in [0, 0.1) is 0 Å². The molecule has 1 aliphatic heterocycles. The Morgan fingerprint density at radius 3 is 1.86 bits per heavy atom. The van der Waals surface area contributed by atoms with E-state index in [1.54, 1.807) is 12.1 Å². The third kappa shape index (κ3) is 4.82. The number of methoxy groups -OCH3 is 1. The SMILES string of the molecule is COc1ccc(C(F)(F)Oc2ccc(C3CC(C)(C)NC(C)(C)C3)cc2)cc1. The van der Waals surface area contributed by atoms with Crippen molar-refractivity contribution in [3.8, 4) is 11.5 Å². The summed E-state index contributed by atoms with van der Waals surface area (Å²) in [5.74, 6) is 1.05. The molecule has 1 fully saturated rings. The molecule has 0 radical (unpaired) electrons. The Hall–Kier alpha value is -2.14. The molecule has 5 heteroatoms. The second kappa shape index (κ2) is 7.36. The summed E-state index contributed by atoms with van der Waals surface area (Å²) >= 11 is 0. The molecule has 0 bridgehead atoms. The molecule has 0 amide bonds. The predicted octanol–water partition coefficient (Wildman–Crippen LogP) is 5.85. The summed E-state index contributed by atoms with van der Waals surface area (Å²) in [6.07, 6.45) is -1.41. The van der Waals surface area contributed by atoms with Gasteiger partial charge in [-0.3, -0.25) is 0 Å². The van der Waals surface area contributed by atoms with Gasteiger partial charge in [0.25, 0.3) is 0 Å². The van der Waals surface area contributed by atoms with Crippen LogP contribution in [-0.4, -0.2) is 18.2 Å². The summed E-state index contributed by atoms with van der Waals surface area (Å²) in [7, 11) is 1.50. The van der Waals surface area contributed by atoms with Crippen molar-refractivity contribution in [2.24, 2.45) is 0 Å². The van der Waals surface area contributed by atoms with Crippen LogP contribution in [0.1, 0.15) is 57.6 Å². The minimum Gasteiger partial charge on any atom is -0.497 e. The van der Waals surface area contributed by atoms with Crippen LogP contribution < -0.4 is 14.8 Å². The van der Waals surface area contributed by atoms with Crippen molar-refractivity contribution >= 4 is 0 Å². The fraction of sp³-hybridized carbons (Fsp3) is 0.478. The first kappa shape index (κ1) is 20.6. The van der Waals surface area contributed by atoms with Crippen molar-refractivity contribution in [2.75, 3.05) is 7.11 Å². The molecule has 1 saturated heterocycles. The van der Waals surface area contributed by atoms with E-state index in [4.69, 9.17) is 9.47 Å². The molecule has 3 rings (SSSR count). The third-order valence-corrected chi connectivity index (χ3v) is 5.21. The third-order valence-electron chi connectivity index (χ3n) is 5.21. The Balaban J connectivity index is 1.73. The van der Waals surface area contributed by atoms with E-state index < -0.39 is 6.11 Å². The molecule has 0 aromatic heterocycles. The maximum absolute atomic E-state index is 14.5. The van der Waals surface area contributed by atoms with Gasteiger partial charge in [-0.25, -0.2) is 0 Å². The number of ether oxygens (including phenoxy) is 2. The first-order chi connectivity index (χ1) is 13.0. The Bertz CT molecular complexity index is 782. The summed E-state index contributed by atoms with van der Waals surface area (Å²) in [5.41, 5.74) is 1.01. The summed E-state index contributed by atoms with van der Waals surface area (Å²) in [5, 5.41) is 3.67. The van der Waals surface area contributed by atoms with E-state index in [1.807, 2.05) is 12.1 Å². The van der Waals surface area contributed by atoms with E-state index in [0.717, 1.165) is 18.4 Å². The van der Waals surface area contributed by atoms with Crippen LogP contribution in [0.15, 0.2) is 48.5 Å². The molecule has 28 heavy (non-hydrogen) atoms. The van der Waals surface area contributed by atoms with E-state index in [2.05, 4.69) is 33.0 Å². The van der Waals surface area contributed by atoms with Gasteiger partial charge in [-0.05, 0) is 88.4 Å². The summed E-state index contributed by atoms with van der Waals surface area (Å²) in [6, 6.07) is 12.7. The van der Waals surface area contributed by atoms with Gasteiger partial charge in [0.05, 0.1) is 12.7 Å². The molecular weight excluding hydrogens is 360 g/mol. The van der Waals surface area contributed by atoms with Crippen molar-refractivity contribution in [1.82, 2.24) is 5.32 Å². The fourth-order valence-corrected chi connectivity index (χ4v) is 4.36. The lowest BCUT2D eigenvalue weighted by atomic mass is 9.73. The Morgan fingerprint density at radius 2 is 1.36 bits per heavy atom. The molecule has 0 unspecified atom stereocenters. The summed E-state index contributed by atoms with van der Waals surface area (Å²) < 4.78 is 38.9. The number of alkyl halides is 2. The van der Waals surface area contributed by atoms with Crippen molar-refractivity contribution in [3.05, 3.63) is 59.7 Å². The zero-order chi connectivity index (χ0) is 20.6. The Labute approximate surface area is 166 Å². The van der Waals surface area contributed by atoms with Crippen molar-refractivity contribution in [2.45, 2.75) is 63.6 Å². The quantitative estimate of drug-likeness (QED) is 0.696. The van der Waals surface area contributed by atoms with Crippen molar-refractivity contribution in [1.29, 1.82) is 0 Å². The second-order valence-electron chi connectivity index (χ2n) is 8.91. The lowest BCUT2D eigenvalue weighted by Crippen LogP contribution is -2.57. The fourth-order valence-electron chi connectivity index (χ4n) is 4.36. The van der Waals surface area contributed by atoms with Gasteiger partial charge in [0, 0.05) is 11.1 Å². The van der Waals surface area contributed by atoms with E-state index >= 15 is 0 Å². The molecule has 2 aromatic rings. The van der Waals surface area contributed by atoms with Gasteiger partial charge in [-0.15, -0.1) is 0 Å². The van der Waals surface area contributed by atoms with Crippen LogP contribution in [-0.2, 0) is 6.11 Å². The first-order valence-electron chi connectivity index (χ1n) is 9.60. The molecule has 0 spiro atoms. The van der Waals surface area contributed by atoms with E-state index in [1.165, 1.54) is 31.4 Å². The zero-order valence-electron chi connectivity index (χ0n) is 17.2. The lowest BCUT2D eigenvalue weighted by molar-refractivity contribution is -0.185. The number of rotatable bonds is 5. The number of benzene rings is 2. The van der Waals surface area contributed by atoms with Crippen molar-refractivity contribution in [3.63, 3.8) is 0 Å². The molecule has 3 nitrogen and oxygen atoms in total. The first-order valence-corrected chi connectivity index (χ1v) is 9.60. The van der Waals surface area contributed by atoms with Gasteiger partial charge in [0.15, 0.2) is 0 Å². The topological polar surface area (TPSA) is 30.5 Å². The molecule has 2 aromatic carbocycles.